The van der Waals surface area contributed by atoms with Gasteiger partial charge in [0.1, 0.15) is 0 Å². The second-order valence-corrected chi connectivity index (χ2v) is 7.12. The molecule has 0 aromatic carbocycles. The highest BCUT2D eigenvalue weighted by molar-refractivity contribution is 5.82. The monoisotopic (exact) mass is 367 g/mol. The highest BCUT2D eigenvalue weighted by Crippen LogP contribution is 2.16. The van der Waals surface area contributed by atoms with Crippen molar-refractivity contribution in [3.05, 3.63) is 12.2 Å². The van der Waals surface area contributed by atoms with Crippen LogP contribution in [-0.2, 0) is 9.59 Å². The van der Waals surface area contributed by atoms with Crippen molar-refractivity contribution in [3.8, 4) is 0 Å². The van der Waals surface area contributed by atoms with Crippen LogP contribution in [0.5, 0.6) is 0 Å². The third kappa shape index (κ3) is 13.0. The van der Waals surface area contributed by atoms with Gasteiger partial charge in [-0.2, -0.15) is 0 Å². The minimum Gasteiger partial charge on any atom is -0.481 e. The molecule has 152 valence electrons. The lowest BCUT2D eigenvalue weighted by Crippen LogP contribution is -2.33. The standard InChI is InChI=1S/C22H41NO3/c1-4-7-8-9-10-11-12-13-14-15-16-17-18-20(22(25)26)19-21(24)23(5-2)6-3/h14-15,20H,4-13,16-19H2,1-3H3,(H,25,26)/b15-14+. The molecule has 0 aliphatic rings. The minimum absolute atomic E-state index is 0.0446. The molecular formula is C22H41NO3. The van der Waals surface area contributed by atoms with Gasteiger partial charge in [-0.25, -0.2) is 0 Å². The fraction of sp³-hybridized carbons (Fsp3) is 0.818. The van der Waals surface area contributed by atoms with Gasteiger partial charge in [-0.1, -0.05) is 57.6 Å². The number of unbranched alkanes of at least 4 members (excludes halogenated alkanes) is 8. The summed E-state index contributed by atoms with van der Waals surface area (Å²) in [6.07, 6.45) is 17.2. The Morgan fingerprint density at radius 3 is 1.92 bits per heavy atom. The Labute approximate surface area is 161 Å². The Bertz CT molecular complexity index is 389. The van der Waals surface area contributed by atoms with E-state index in [0.29, 0.717) is 19.5 Å². The van der Waals surface area contributed by atoms with E-state index in [0.717, 1.165) is 19.3 Å². The molecular weight excluding hydrogens is 326 g/mol. The zero-order valence-corrected chi connectivity index (χ0v) is 17.3. The molecule has 4 nitrogen and oxygen atoms in total. The molecule has 0 aromatic rings. The summed E-state index contributed by atoms with van der Waals surface area (Å²) in [5, 5.41) is 9.34. The number of rotatable bonds is 17. The maximum absolute atomic E-state index is 12.1. The Balaban J connectivity index is 3.83. The van der Waals surface area contributed by atoms with Crippen LogP contribution in [-0.4, -0.2) is 35.0 Å². The summed E-state index contributed by atoms with van der Waals surface area (Å²) in [6.45, 7) is 7.37. The molecule has 0 bridgehead atoms. The number of aliphatic carboxylic acids is 1. The zero-order valence-electron chi connectivity index (χ0n) is 17.3. The maximum atomic E-state index is 12.1. The molecule has 0 aliphatic heterocycles. The molecule has 0 saturated carbocycles. The number of hydrogen-bond acceptors (Lipinski definition) is 2. The third-order valence-corrected chi connectivity index (χ3v) is 4.95. The van der Waals surface area contributed by atoms with E-state index in [1.54, 1.807) is 4.90 Å². The first kappa shape index (κ1) is 24.7. The number of allylic oxidation sites excluding steroid dienone is 2. The van der Waals surface area contributed by atoms with Crippen LogP contribution in [0.15, 0.2) is 12.2 Å². The zero-order chi connectivity index (χ0) is 19.6. The van der Waals surface area contributed by atoms with Gasteiger partial charge in [0, 0.05) is 19.5 Å². The molecule has 0 radical (unpaired) electrons. The number of carboxylic acids is 1. The van der Waals surface area contributed by atoms with E-state index in [1.165, 1.54) is 44.9 Å². The average Bonchev–Trinajstić information content (AvgIpc) is 2.62. The number of carbonyl (C=O) groups excluding carboxylic acids is 1. The summed E-state index contributed by atoms with van der Waals surface area (Å²) in [7, 11) is 0. The van der Waals surface area contributed by atoms with Crippen molar-refractivity contribution in [1.29, 1.82) is 0 Å². The summed E-state index contributed by atoms with van der Waals surface area (Å²) in [5.74, 6) is -1.45. The maximum Gasteiger partial charge on any atom is 0.307 e. The highest BCUT2D eigenvalue weighted by atomic mass is 16.4. The van der Waals surface area contributed by atoms with Crippen LogP contribution >= 0.6 is 0 Å². The molecule has 0 spiro atoms. The Kier molecular flexibility index (Phi) is 16.2. The number of carboxylic acid groups (broad SMARTS) is 1. The van der Waals surface area contributed by atoms with Gasteiger partial charge >= 0.3 is 5.97 Å². The van der Waals surface area contributed by atoms with Gasteiger partial charge in [0.2, 0.25) is 5.91 Å². The van der Waals surface area contributed by atoms with E-state index < -0.39 is 11.9 Å². The van der Waals surface area contributed by atoms with Crippen molar-refractivity contribution >= 4 is 11.9 Å². The van der Waals surface area contributed by atoms with Gasteiger partial charge in [0.25, 0.3) is 0 Å². The minimum atomic E-state index is -0.849. The number of amides is 1. The third-order valence-electron chi connectivity index (χ3n) is 4.95. The van der Waals surface area contributed by atoms with E-state index in [-0.39, 0.29) is 12.3 Å². The van der Waals surface area contributed by atoms with Gasteiger partial charge in [-0.3, -0.25) is 9.59 Å². The van der Waals surface area contributed by atoms with Crippen LogP contribution in [0.3, 0.4) is 0 Å². The van der Waals surface area contributed by atoms with E-state index in [9.17, 15) is 14.7 Å². The second kappa shape index (κ2) is 17.1. The van der Waals surface area contributed by atoms with E-state index in [2.05, 4.69) is 19.1 Å². The molecule has 1 N–H and O–H groups in total. The molecule has 26 heavy (non-hydrogen) atoms. The Hall–Kier alpha value is -1.32. The first-order valence-corrected chi connectivity index (χ1v) is 10.7. The predicted molar refractivity (Wildman–Crippen MR) is 109 cm³/mol. The van der Waals surface area contributed by atoms with Gasteiger partial charge in [0.15, 0.2) is 0 Å². The highest BCUT2D eigenvalue weighted by Gasteiger charge is 2.22. The summed E-state index contributed by atoms with van der Waals surface area (Å²) in [5.41, 5.74) is 0. The van der Waals surface area contributed by atoms with E-state index in [4.69, 9.17) is 0 Å². The quantitative estimate of drug-likeness (QED) is 0.260. The van der Waals surface area contributed by atoms with Gasteiger partial charge < -0.3 is 10.0 Å². The Morgan fingerprint density at radius 1 is 0.846 bits per heavy atom. The second-order valence-electron chi connectivity index (χ2n) is 7.12. The van der Waals surface area contributed by atoms with Gasteiger partial charge in [-0.05, 0) is 46.0 Å². The van der Waals surface area contributed by atoms with Crippen molar-refractivity contribution in [1.82, 2.24) is 4.90 Å². The molecule has 0 rings (SSSR count). The van der Waals surface area contributed by atoms with Gasteiger partial charge in [0.05, 0.1) is 5.92 Å². The number of nitrogens with zero attached hydrogens (tertiary/aromatic N) is 1. The molecule has 0 aromatic heterocycles. The van der Waals surface area contributed by atoms with Crippen molar-refractivity contribution in [2.24, 2.45) is 5.92 Å². The molecule has 4 heteroatoms. The molecule has 0 fully saturated rings. The normalized spacial score (nSPS) is 12.4. The SMILES string of the molecule is CCCCCCCCC/C=C/CCCC(CC(=O)N(CC)CC)C(=O)O. The van der Waals surface area contributed by atoms with Gasteiger partial charge in [-0.15, -0.1) is 0 Å². The van der Waals surface area contributed by atoms with Crippen molar-refractivity contribution < 1.29 is 14.7 Å². The van der Waals surface area contributed by atoms with Crippen molar-refractivity contribution in [3.63, 3.8) is 0 Å². The van der Waals surface area contributed by atoms with Crippen molar-refractivity contribution in [2.75, 3.05) is 13.1 Å². The largest absolute Gasteiger partial charge is 0.481 e. The lowest BCUT2D eigenvalue weighted by Gasteiger charge is -2.20. The molecule has 1 amide bonds. The summed E-state index contributed by atoms with van der Waals surface area (Å²) >= 11 is 0. The molecule has 0 saturated heterocycles. The molecule has 0 aliphatic carbocycles. The molecule has 1 atom stereocenters. The number of hydrogen-bond donors (Lipinski definition) is 1. The van der Waals surface area contributed by atoms with Crippen LogP contribution < -0.4 is 0 Å². The Morgan fingerprint density at radius 2 is 1.38 bits per heavy atom. The molecule has 1 unspecified atom stereocenters. The summed E-state index contributed by atoms with van der Waals surface area (Å²) in [6, 6.07) is 0. The van der Waals surface area contributed by atoms with Crippen LogP contribution in [0.25, 0.3) is 0 Å². The van der Waals surface area contributed by atoms with E-state index in [1.807, 2.05) is 13.8 Å². The van der Waals surface area contributed by atoms with Crippen LogP contribution in [0.1, 0.15) is 97.8 Å². The van der Waals surface area contributed by atoms with Crippen LogP contribution in [0, 0.1) is 5.92 Å². The van der Waals surface area contributed by atoms with Crippen LogP contribution in [0.4, 0.5) is 0 Å². The number of carbonyl (C=O) groups is 2. The fourth-order valence-corrected chi connectivity index (χ4v) is 3.17. The lowest BCUT2D eigenvalue weighted by atomic mass is 9.97. The molecule has 0 heterocycles. The smallest absolute Gasteiger partial charge is 0.307 e. The fourth-order valence-electron chi connectivity index (χ4n) is 3.17. The van der Waals surface area contributed by atoms with E-state index >= 15 is 0 Å². The predicted octanol–water partition coefficient (Wildman–Crippen LogP) is 5.81. The average molecular weight is 368 g/mol. The summed E-state index contributed by atoms with van der Waals surface area (Å²) < 4.78 is 0. The first-order valence-electron chi connectivity index (χ1n) is 10.7. The lowest BCUT2D eigenvalue weighted by molar-refractivity contribution is -0.146. The first-order chi connectivity index (χ1) is 12.6. The topological polar surface area (TPSA) is 57.6 Å². The van der Waals surface area contributed by atoms with Crippen molar-refractivity contribution in [2.45, 2.75) is 97.8 Å². The van der Waals surface area contributed by atoms with Crippen LogP contribution in [0.2, 0.25) is 0 Å². The summed E-state index contributed by atoms with van der Waals surface area (Å²) in [4.78, 5) is 25.2.